The van der Waals surface area contributed by atoms with E-state index in [1.807, 2.05) is 18.5 Å². The SMILES string of the molecule is CSC(=NCCC(C)c1ccccc1)NC#N. The van der Waals surface area contributed by atoms with Gasteiger partial charge in [-0.1, -0.05) is 49.0 Å². The van der Waals surface area contributed by atoms with E-state index in [-0.39, 0.29) is 0 Å². The monoisotopic (exact) mass is 247 g/mol. The summed E-state index contributed by atoms with van der Waals surface area (Å²) in [6, 6.07) is 10.4. The molecule has 0 saturated carbocycles. The van der Waals surface area contributed by atoms with Gasteiger partial charge in [0.25, 0.3) is 0 Å². The average Bonchev–Trinajstić information content (AvgIpc) is 2.38. The van der Waals surface area contributed by atoms with Crippen molar-refractivity contribution in [3.63, 3.8) is 0 Å². The molecular weight excluding hydrogens is 230 g/mol. The van der Waals surface area contributed by atoms with Gasteiger partial charge in [-0.05, 0) is 24.2 Å². The van der Waals surface area contributed by atoms with Crippen molar-refractivity contribution in [2.75, 3.05) is 12.8 Å². The van der Waals surface area contributed by atoms with E-state index in [4.69, 9.17) is 5.26 Å². The zero-order chi connectivity index (χ0) is 12.5. The third-order valence-electron chi connectivity index (χ3n) is 2.54. The van der Waals surface area contributed by atoms with E-state index in [9.17, 15) is 0 Å². The quantitative estimate of drug-likeness (QED) is 0.385. The van der Waals surface area contributed by atoms with Crippen LogP contribution in [0.4, 0.5) is 0 Å². The highest BCUT2D eigenvalue weighted by Gasteiger charge is 2.04. The number of nitriles is 1. The molecule has 0 bridgehead atoms. The fourth-order valence-electron chi connectivity index (χ4n) is 1.51. The number of hydrogen-bond donors (Lipinski definition) is 1. The Bertz CT molecular complexity index is 395. The van der Waals surface area contributed by atoms with Crippen molar-refractivity contribution in [2.24, 2.45) is 4.99 Å². The van der Waals surface area contributed by atoms with Gasteiger partial charge in [0.05, 0.1) is 0 Å². The van der Waals surface area contributed by atoms with Crippen LogP contribution in [0.1, 0.15) is 24.8 Å². The molecular formula is C13H17N3S. The third-order valence-corrected chi connectivity index (χ3v) is 3.16. The van der Waals surface area contributed by atoms with Gasteiger partial charge in [-0.25, -0.2) is 0 Å². The van der Waals surface area contributed by atoms with E-state index in [0.717, 1.165) is 13.0 Å². The predicted octanol–water partition coefficient (Wildman–Crippen LogP) is 2.97. The summed E-state index contributed by atoms with van der Waals surface area (Å²) in [4.78, 5) is 4.34. The van der Waals surface area contributed by atoms with Crippen molar-refractivity contribution < 1.29 is 0 Å². The highest BCUT2D eigenvalue weighted by Crippen LogP contribution is 2.18. The molecule has 4 heteroatoms. The fraction of sp³-hybridized carbons (Fsp3) is 0.385. The molecule has 0 radical (unpaired) electrons. The van der Waals surface area contributed by atoms with Gasteiger partial charge < -0.3 is 0 Å². The van der Waals surface area contributed by atoms with Crippen molar-refractivity contribution in [1.82, 2.24) is 5.32 Å². The largest absolute Gasteiger partial charge is 0.272 e. The molecule has 0 amide bonds. The smallest absolute Gasteiger partial charge is 0.183 e. The zero-order valence-electron chi connectivity index (χ0n) is 10.2. The average molecular weight is 247 g/mol. The molecule has 0 heterocycles. The number of hydrogen-bond acceptors (Lipinski definition) is 3. The summed E-state index contributed by atoms with van der Waals surface area (Å²) in [5.74, 6) is 0.491. The maximum atomic E-state index is 8.50. The standard InChI is InChI=1S/C13H17N3S/c1-11(12-6-4-3-5-7-12)8-9-15-13(17-2)16-10-14/h3-7,11H,8-9H2,1-2H3,(H,15,16). The Labute approximate surface area is 107 Å². The van der Waals surface area contributed by atoms with E-state index in [2.05, 4.69) is 41.5 Å². The number of benzene rings is 1. The summed E-state index contributed by atoms with van der Waals surface area (Å²) in [5, 5.41) is 11.8. The molecule has 1 aromatic carbocycles. The van der Waals surface area contributed by atoms with Gasteiger partial charge in [-0.2, -0.15) is 5.26 Å². The maximum Gasteiger partial charge on any atom is 0.183 e. The van der Waals surface area contributed by atoms with Crippen LogP contribution < -0.4 is 5.32 Å². The number of nitrogens with one attached hydrogen (secondary N) is 1. The molecule has 0 aromatic heterocycles. The van der Waals surface area contributed by atoms with Gasteiger partial charge in [0, 0.05) is 6.54 Å². The lowest BCUT2D eigenvalue weighted by molar-refractivity contribution is 0.691. The molecule has 0 saturated heterocycles. The van der Waals surface area contributed by atoms with Crippen LogP contribution in [0.3, 0.4) is 0 Å². The lowest BCUT2D eigenvalue weighted by Crippen LogP contribution is -2.13. The summed E-state index contributed by atoms with van der Waals surface area (Å²) >= 11 is 1.46. The summed E-state index contributed by atoms with van der Waals surface area (Å²) in [7, 11) is 0. The van der Waals surface area contributed by atoms with Gasteiger partial charge in [-0.3, -0.25) is 10.3 Å². The molecule has 0 fully saturated rings. The molecule has 0 spiro atoms. The Morgan fingerprint density at radius 1 is 1.47 bits per heavy atom. The number of rotatable bonds is 4. The molecule has 1 aromatic rings. The molecule has 90 valence electrons. The van der Waals surface area contributed by atoms with Crippen LogP contribution in [-0.4, -0.2) is 18.0 Å². The van der Waals surface area contributed by atoms with Crippen molar-refractivity contribution >= 4 is 16.9 Å². The molecule has 0 aliphatic rings. The van der Waals surface area contributed by atoms with Crippen LogP contribution in [0.5, 0.6) is 0 Å². The van der Waals surface area contributed by atoms with Crippen LogP contribution in [0.25, 0.3) is 0 Å². The van der Waals surface area contributed by atoms with Gasteiger partial charge in [-0.15, -0.1) is 0 Å². The molecule has 3 nitrogen and oxygen atoms in total. The van der Waals surface area contributed by atoms with Crippen LogP contribution in [0.15, 0.2) is 35.3 Å². The van der Waals surface area contributed by atoms with Gasteiger partial charge >= 0.3 is 0 Å². The van der Waals surface area contributed by atoms with Crippen molar-refractivity contribution in [3.05, 3.63) is 35.9 Å². The summed E-state index contributed by atoms with van der Waals surface area (Å²) in [6.45, 7) is 2.93. The van der Waals surface area contributed by atoms with Crippen LogP contribution in [0.2, 0.25) is 0 Å². The van der Waals surface area contributed by atoms with Crippen molar-refractivity contribution in [3.8, 4) is 6.19 Å². The van der Waals surface area contributed by atoms with Crippen LogP contribution in [-0.2, 0) is 0 Å². The number of nitrogens with zero attached hydrogens (tertiary/aromatic N) is 2. The van der Waals surface area contributed by atoms with E-state index < -0.39 is 0 Å². The van der Waals surface area contributed by atoms with E-state index in [1.54, 1.807) is 0 Å². The van der Waals surface area contributed by atoms with Crippen molar-refractivity contribution in [2.45, 2.75) is 19.3 Å². The molecule has 1 atom stereocenters. The summed E-state index contributed by atoms with van der Waals surface area (Å²) < 4.78 is 0. The second-order valence-electron chi connectivity index (χ2n) is 3.73. The summed E-state index contributed by atoms with van der Waals surface area (Å²) in [6.07, 6.45) is 4.78. The highest BCUT2D eigenvalue weighted by molar-refractivity contribution is 8.13. The normalized spacial score (nSPS) is 12.9. The van der Waals surface area contributed by atoms with Crippen LogP contribution in [0, 0.1) is 11.5 Å². The minimum Gasteiger partial charge on any atom is -0.272 e. The highest BCUT2D eigenvalue weighted by atomic mass is 32.2. The first-order chi connectivity index (χ1) is 8.27. The van der Waals surface area contributed by atoms with Gasteiger partial charge in [0.15, 0.2) is 11.4 Å². The number of thioether (sulfide) groups is 1. The van der Waals surface area contributed by atoms with Gasteiger partial charge in [0.2, 0.25) is 0 Å². The molecule has 0 aliphatic carbocycles. The Kier molecular flexibility index (Phi) is 6.19. The second-order valence-corrected chi connectivity index (χ2v) is 4.52. The first-order valence-electron chi connectivity index (χ1n) is 5.56. The van der Waals surface area contributed by atoms with E-state index in [0.29, 0.717) is 11.1 Å². The Hall–Kier alpha value is -1.47. The topological polar surface area (TPSA) is 48.2 Å². The minimum atomic E-state index is 0.491. The minimum absolute atomic E-state index is 0.491. The predicted molar refractivity (Wildman–Crippen MR) is 74.0 cm³/mol. The molecule has 1 N–H and O–H groups in total. The number of aliphatic imine (C=N–C) groups is 1. The molecule has 0 aliphatic heterocycles. The van der Waals surface area contributed by atoms with Gasteiger partial charge in [0.1, 0.15) is 0 Å². The van der Waals surface area contributed by atoms with E-state index in [1.165, 1.54) is 17.3 Å². The third kappa shape index (κ3) is 4.92. The maximum absolute atomic E-state index is 8.50. The van der Waals surface area contributed by atoms with Crippen LogP contribution >= 0.6 is 11.8 Å². The molecule has 1 unspecified atom stereocenters. The van der Waals surface area contributed by atoms with Crippen molar-refractivity contribution in [1.29, 1.82) is 5.26 Å². The Morgan fingerprint density at radius 3 is 2.76 bits per heavy atom. The Morgan fingerprint density at radius 2 is 2.18 bits per heavy atom. The van der Waals surface area contributed by atoms with E-state index >= 15 is 0 Å². The first kappa shape index (κ1) is 13.6. The number of amidine groups is 1. The fourth-order valence-corrected chi connectivity index (χ4v) is 1.88. The Balaban J connectivity index is 2.44. The molecule has 1 rings (SSSR count). The summed E-state index contributed by atoms with van der Waals surface area (Å²) in [5.41, 5.74) is 1.33. The first-order valence-corrected chi connectivity index (χ1v) is 6.79. The lowest BCUT2D eigenvalue weighted by atomic mass is 9.98. The lowest BCUT2D eigenvalue weighted by Gasteiger charge is -2.10. The zero-order valence-corrected chi connectivity index (χ0v) is 11.0. The molecule has 17 heavy (non-hydrogen) atoms. The second kappa shape index (κ2) is 7.75.